The average molecular weight is 348 g/mol. The Hall–Kier alpha value is -1.70. The summed E-state index contributed by atoms with van der Waals surface area (Å²) < 4.78 is 0. The van der Waals surface area contributed by atoms with Gasteiger partial charge in [0.05, 0.1) is 0 Å². The third-order valence-corrected chi connectivity index (χ3v) is 8.49. The van der Waals surface area contributed by atoms with Crippen LogP contribution in [0.5, 0.6) is 0 Å². The Morgan fingerprint density at radius 2 is 1.96 bits per heavy atom. The smallest absolute Gasteiger partial charge is 0.136 e. The van der Waals surface area contributed by atoms with E-state index in [0.717, 1.165) is 37.0 Å². The Bertz CT molecular complexity index is 807. The van der Waals surface area contributed by atoms with Crippen LogP contribution in [0.4, 0.5) is 0 Å². The van der Waals surface area contributed by atoms with E-state index in [1.54, 1.807) is 0 Å². The number of hydrogen-bond donors (Lipinski definition) is 0. The van der Waals surface area contributed by atoms with E-state index in [4.69, 9.17) is 0 Å². The van der Waals surface area contributed by atoms with Gasteiger partial charge in [0, 0.05) is 25.2 Å². The zero-order valence-electron chi connectivity index (χ0n) is 16.0. The number of nitrogens with zero attached hydrogens (tertiary/aromatic N) is 1. The summed E-state index contributed by atoms with van der Waals surface area (Å²) in [5, 5.41) is 0. The highest BCUT2D eigenvalue weighted by atomic mass is 16.1. The number of carbonyl (C=O) groups is 1. The quantitative estimate of drug-likeness (QED) is 0.618. The van der Waals surface area contributed by atoms with Gasteiger partial charge in [-0.15, -0.1) is 0 Å². The molecule has 0 aromatic carbocycles. The van der Waals surface area contributed by atoms with Crippen LogP contribution in [0, 0.1) is 28.6 Å². The molecule has 5 unspecified atom stereocenters. The number of pyridine rings is 1. The van der Waals surface area contributed by atoms with E-state index >= 15 is 0 Å². The first-order chi connectivity index (χ1) is 12.5. The fraction of sp³-hybridized carbons (Fsp3) is 0.583. The molecule has 1 heterocycles. The van der Waals surface area contributed by atoms with Gasteiger partial charge in [-0.3, -0.25) is 9.78 Å². The van der Waals surface area contributed by atoms with E-state index < -0.39 is 0 Å². The number of rotatable bonds is 1. The zero-order chi connectivity index (χ0) is 17.9. The molecule has 1 aromatic rings. The van der Waals surface area contributed by atoms with Crippen molar-refractivity contribution in [1.82, 2.24) is 4.98 Å². The van der Waals surface area contributed by atoms with Crippen LogP contribution in [0.25, 0.3) is 5.57 Å². The SMILES string of the molecule is CC12CCC(=O)CC1=CCC1C2CCC2(C)C(c3cccnc3)=CCC12. The molecule has 2 fully saturated rings. The lowest BCUT2D eigenvalue weighted by Crippen LogP contribution is -2.49. The highest BCUT2D eigenvalue weighted by molar-refractivity contribution is 5.82. The maximum absolute atomic E-state index is 12.0. The molecule has 0 saturated heterocycles. The summed E-state index contributed by atoms with van der Waals surface area (Å²) in [7, 11) is 0. The van der Waals surface area contributed by atoms with Gasteiger partial charge in [-0.05, 0) is 77.9 Å². The van der Waals surface area contributed by atoms with Crippen molar-refractivity contribution >= 4 is 11.4 Å². The summed E-state index contributed by atoms with van der Waals surface area (Å²) in [5.74, 6) is 2.72. The largest absolute Gasteiger partial charge is 0.299 e. The van der Waals surface area contributed by atoms with Crippen molar-refractivity contribution in [3.05, 3.63) is 47.8 Å². The van der Waals surface area contributed by atoms with Crippen LogP contribution in [0.1, 0.15) is 64.4 Å². The monoisotopic (exact) mass is 347 g/mol. The van der Waals surface area contributed by atoms with Crippen molar-refractivity contribution in [3.8, 4) is 0 Å². The van der Waals surface area contributed by atoms with Crippen molar-refractivity contribution < 1.29 is 4.79 Å². The van der Waals surface area contributed by atoms with Gasteiger partial charge in [-0.2, -0.15) is 0 Å². The first-order valence-electron chi connectivity index (χ1n) is 10.3. The number of Topliss-reactive ketones (excluding diaryl/α,β-unsaturated/α-hetero) is 1. The third-order valence-electron chi connectivity index (χ3n) is 8.49. The first-order valence-corrected chi connectivity index (χ1v) is 10.3. The summed E-state index contributed by atoms with van der Waals surface area (Å²) in [6, 6.07) is 4.29. The minimum atomic E-state index is 0.273. The standard InChI is InChI=1S/C24H29NO/c1-23-11-9-18(26)14-17(23)5-6-19-21-8-7-20(16-4-3-13-25-15-16)24(21,2)12-10-22(19)23/h3-5,7,13,15,19,21-22H,6,8-12,14H2,1-2H3. The molecule has 0 aliphatic heterocycles. The van der Waals surface area contributed by atoms with E-state index in [1.165, 1.54) is 42.4 Å². The minimum absolute atomic E-state index is 0.273. The number of hydrogen-bond acceptors (Lipinski definition) is 2. The lowest BCUT2D eigenvalue weighted by Gasteiger charge is -2.57. The topological polar surface area (TPSA) is 30.0 Å². The van der Waals surface area contributed by atoms with Crippen LogP contribution in [-0.2, 0) is 4.79 Å². The maximum Gasteiger partial charge on any atom is 0.136 e. The normalized spacial score (nSPS) is 41.6. The average Bonchev–Trinajstić information content (AvgIpc) is 3.00. The van der Waals surface area contributed by atoms with Gasteiger partial charge >= 0.3 is 0 Å². The van der Waals surface area contributed by atoms with E-state index in [2.05, 4.69) is 43.1 Å². The van der Waals surface area contributed by atoms with Crippen LogP contribution >= 0.6 is 0 Å². The van der Waals surface area contributed by atoms with Gasteiger partial charge in [0.2, 0.25) is 0 Å². The van der Waals surface area contributed by atoms with Crippen LogP contribution < -0.4 is 0 Å². The predicted molar refractivity (Wildman–Crippen MR) is 104 cm³/mol. The second-order valence-electron chi connectivity index (χ2n) is 9.53. The second kappa shape index (κ2) is 5.65. The molecule has 2 saturated carbocycles. The number of allylic oxidation sites excluding steroid dienone is 4. The molecule has 136 valence electrons. The summed E-state index contributed by atoms with van der Waals surface area (Å²) in [5.41, 5.74) is 4.88. The van der Waals surface area contributed by atoms with E-state index in [9.17, 15) is 4.79 Å². The molecule has 26 heavy (non-hydrogen) atoms. The zero-order valence-corrected chi connectivity index (χ0v) is 16.0. The summed E-state index contributed by atoms with van der Waals surface area (Å²) >= 11 is 0. The Kier molecular flexibility index (Phi) is 3.58. The van der Waals surface area contributed by atoms with Crippen LogP contribution in [0.15, 0.2) is 42.3 Å². The van der Waals surface area contributed by atoms with Crippen molar-refractivity contribution in [2.45, 2.75) is 58.8 Å². The lowest BCUT2D eigenvalue weighted by atomic mass is 9.47. The van der Waals surface area contributed by atoms with Crippen LogP contribution in [0.3, 0.4) is 0 Å². The molecular weight excluding hydrogens is 318 g/mol. The Morgan fingerprint density at radius 3 is 2.77 bits per heavy atom. The van der Waals surface area contributed by atoms with Gasteiger partial charge in [0.1, 0.15) is 5.78 Å². The number of carbonyl (C=O) groups excluding carboxylic acids is 1. The molecule has 2 heteroatoms. The van der Waals surface area contributed by atoms with Gasteiger partial charge in [0.25, 0.3) is 0 Å². The third kappa shape index (κ3) is 2.17. The first kappa shape index (κ1) is 16.5. The molecule has 0 spiro atoms. The number of fused-ring (bicyclic) bond motifs is 5. The molecule has 0 amide bonds. The van der Waals surface area contributed by atoms with E-state index in [1.807, 2.05) is 12.4 Å². The highest BCUT2D eigenvalue weighted by Crippen LogP contribution is 2.66. The molecule has 5 rings (SSSR count). The highest BCUT2D eigenvalue weighted by Gasteiger charge is 2.56. The fourth-order valence-electron chi connectivity index (χ4n) is 7.01. The summed E-state index contributed by atoms with van der Waals surface area (Å²) in [4.78, 5) is 16.4. The minimum Gasteiger partial charge on any atom is -0.299 e. The van der Waals surface area contributed by atoms with Crippen LogP contribution in [-0.4, -0.2) is 10.8 Å². The van der Waals surface area contributed by atoms with E-state index in [-0.39, 0.29) is 10.8 Å². The van der Waals surface area contributed by atoms with Gasteiger partial charge < -0.3 is 0 Å². The molecule has 0 bridgehead atoms. The van der Waals surface area contributed by atoms with Crippen molar-refractivity contribution in [3.63, 3.8) is 0 Å². The van der Waals surface area contributed by atoms with Crippen LogP contribution in [0.2, 0.25) is 0 Å². The summed E-state index contributed by atoms with van der Waals surface area (Å²) in [6.07, 6.45) is 16.4. The Balaban J connectivity index is 1.49. The molecular formula is C24H29NO. The Morgan fingerprint density at radius 1 is 1.08 bits per heavy atom. The fourth-order valence-corrected chi connectivity index (χ4v) is 7.01. The molecule has 0 N–H and O–H groups in total. The lowest BCUT2D eigenvalue weighted by molar-refractivity contribution is -0.122. The number of aromatic nitrogens is 1. The molecule has 4 aliphatic rings. The van der Waals surface area contributed by atoms with Crippen molar-refractivity contribution in [2.75, 3.05) is 0 Å². The summed E-state index contributed by atoms with van der Waals surface area (Å²) in [6.45, 7) is 4.97. The maximum atomic E-state index is 12.0. The van der Waals surface area contributed by atoms with Gasteiger partial charge in [-0.25, -0.2) is 0 Å². The second-order valence-corrected chi connectivity index (χ2v) is 9.53. The predicted octanol–water partition coefficient (Wildman–Crippen LogP) is 5.61. The molecule has 2 nitrogen and oxygen atoms in total. The number of ketones is 1. The molecule has 0 radical (unpaired) electrons. The van der Waals surface area contributed by atoms with Crippen molar-refractivity contribution in [1.29, 1.82) is 0 Å². The van der Waals surface area contributed by atoms with Gasteiger partial charge in [0.15, 0.2) is 0 Å². The Labute approximate surface area is 156 Å². The molecule has 5 atom stereocenters. The van der Waals surface area contributed by atoms with Crippen molar-refractivity contribution in [2.24, 2.45) is 28.6 Å². The van der Waals surface area contributed by atoms with E-state index in [0.29, 0.717) is 5.78 Å². The molecule has 4 aliphatic carbocycles. The molecule has 1 aromatic heterocycles. The van der Waals surface area contributed by atoms with Gasteiger partial charge in [-0.1, -0.05) is 37.6 Å².